The van der Waals surface area contributed by atoms with Crippen LogP contribution in [0.5, 0.6) is 0 Å². The van der Waals surface area contributed by atoms with Crippen molar-refractivity contribution in [1.29, 1.82) is 0 Å². The smallest absolute Gasteiger partial charge is 0.348 e. The van der Waals surface area contributed by atoms with Gasteiger partial charge in [-0.2, -0.15) is 13.2 Å². The number of halogens is 5. The van der Waals surface area contributed by atoms with Crippen LogP contribution in [0.4, 0.5) is 13.2 Å². The van der Waals surface area contributed by atoms with Crippen LogP contribution >= 0.6 is 23.2 Å². The van der Waals surface area contributed by atoms with E-state index in [9.17, 15) is 18.0 Å². The normalized spacial score (nSPS) is 24.7. The first-order valence-corrected chi connectivity index (χ1v) is 9.14. The second-order valence-electron chi connectivity index (χ2n) is 6.63. The molecule has 0 radical (unpaired) electrons. The Morgan fingerprint density at radius 1 is 1.08 bits per heavy atom. The van der Waals surface area contributed by atoms with Crippen LogP contribution in [0.15, 0.2) is 12.1 Å². The number of carbonyl (C=O) groups is 1. The van der Waals surface area contributed by atoms with E-state index in [1.807, 2.05) is 0 Å². The highest BCUT2D eigenvalue weighted by Crippen LogP contribution is 2.36. The molecule has 0 aromatic heterocycles. The Morgan fingerprint density at radius 3 is 2.24 bits per heavy atom. The lowest BCUT2D eigenvalue weighted by atomic mass is 10.1. The summed E-state index contributed by atoms with van der Waals surface area (Å²) in [5, 5.41) is 2.36. The number of amides is 1. The van der Waals surface area contributed by atoms with E-state index in [2.05, 4.69) is 10.2 Å². The van der Waals surface area contributed by atoms with Crippen molar-refractivity contribution in [3.8, 4) is 0 Å². The number of nitrogens with one attached hydrogen (secondary N) is 1. The summed E-state index contributed by atoms with van der Waals surface area (Å²) in [5.74, 6) is -0.514. The molecule has 8 heteroatoms. The summed E-state index contributed by atoms with van der Waals surface area (Å²) < 4.78 is 38.4. The average molecular weight is 395 g/mol. The largest absolute Gasteiger partial charge is 0.416 e. The van der Waals surface area contributed by atoms with Gasteiger partial charge in [-0.3, -0.25) is 9.69 Å². The molecule has 3 rings (SSSR count). The maximum absolute atomic E-state index is 12.8. The zero-order valence-corrected chi connectivity index (χ0v) is 15.0. The van der Waals surface area contributed by atoms with Crippen molar-refractivity contribution in [1.82, 2.24) is 10.2 Å². The Morgan fingerprint density at radius 2 is 1.68 bits per heavy atom. The molecule has 0 spiro atoms. The SMILES string of the molecule is O=C(N[C@@H]1CCC[C@@H]1N1CCCC1)c1c(Cl)cc(C(F)(F)F)cc1Cl. The summed E-state index contributed by atoms with van der Waals surface area (Å²) in [6.45, 7) is 2.05. The van der Waals surface area contributed by atoms with Crippen molar-refractivity contribution in [3.63, 3.8) is 0 Å². The van der Waals surface area contributed by atoms with Gasteiger partial charge in [-0.15, -0.1) is 0 Å². The monoisotopic (exact) mass is 394 g/mol. The molecule has 2 aliphatic rings. The second-order valence-corrected chi connectivity index (χ2v) is 7.45. The molecule has 1 aromatic carbocycles. The van der Waals surface area contributed by atoms with Crippen LogP contribution in [-0.2, 0) is 6.18 Å². The molecular weight excluding hydrogens is 376 g/mol. The second kappa shape index (κ2) is 7.33. The summed E-state index contributed by atoms with van der Waals surface area (Å²) in [6.07, 6.45) is 0.638. The van der Waals surface area contributed by atoms with E-state index in [0.717, 1.165) is 57.3 Å². The molecule has 0 bridgehead atoms. The molecule has 1 saturated carbocycles. The van der Waals surface area contributed by atoms with E-state index in [-0.39, 0.29) is 27.7 Å². The van der Waals surface area contributed by atoms with Crippen LogP contribution in [0.25, 0.3) is 0 Å². The predicted octanol–water partition coefficient (Wildman–Crippen LogP) is 4.76. The van der Waals surface area contributed by atoms with Gasteiger partial charge in [0.2, 0.25) is 0 Å². The van der Waals surface area contributed by atoms with Crippen LogP contribution < -0.4 is 5.32 Å². The Bertz CT molecular complexity index is 637. The first-order chi connectivity index (χ1) is 11.8. The van der Waals surface area contributed by atoms with Crippen molar-refractivity contribution < 1.29 is 18.0 Å². The summed E-state index contributed by atoms with van der Waals surface area (Å²) >= 11 is 11.9. The zero-order valence-electron chi connectivity index (χ0n) is 13.5. The van der Waals surface area contributed by atoms with E-state index in [1.54, 1.807) is 0 Å². The van der Waals surface area contributed by atoms with Gasteiger partial charge in [0.1, 0.15) is 0 Å². The summed E-state index contributed by atoms with van der Waals surface area (Å²) in [6, 6.07) is 1.74. The Balaban J connectivity index is 1.77. The fraction of sp³-hybridized carbons (Fsp3) is 0.588. The molecule has 2 fully saturated rings. The van der Waals surface area contributed by atoms with Gasteiger partial charge < -0.3 is 5.32 Å². The van der Waals surface area contributed by atoms with Crippen LogP contribution in [0.3, 0.4) is 0 Å². The quantitative estimate of drug-likeness (QED) is 0.801. The van der Waals surface area contributed by atoms with Crippen LogP contribution in [0.2, 0.25) is 10.0 Å². The van der Waals surface area contributed by atoms with Gasteiger partial charge in [0.25, 0.3) is 5.91 Å². The summed E-state index contributed by atoms with van der Waals surface area (Å²) in [5.41, 5.74) is -1.06. The molecule has 25 heavy (non-hydrogen) atoms. The molecule has 2 atom stereocenters. The average Bonchev–Trinajstić information content (AvgIpc) is 3.15. The van der Waals surface area contributed by atoms with E-state index in [4.69, 9.17) is 23.2 Å². The van der Waals surface area contributed by atoms with Crippen molar-refractivity contribution >= 4 is 29.1 Å². The van der Waals surface area contributed by atoms with E-state index in [1.165, 1.54) is 0 Å². The first-order valence-electron chi connectivity index (χ1n) is 8.38. The minimum atomic E-state index is -4.56. The van der Waals surface area contributed by atoms with Crippen molar-refractivity contribution in [2.24, 2.45) is 0 Å². The lowest BCUT2D eigenvalue weighted by Crippen LogP contribution is -2.47. The number of hydrogen-bond acceptors (Lipinski definition) is 2. The number of rotatable bonds is 3. The van der Waals surface area contributed by atoms with Gasteiger partial charge in [0, 0.05) is 12.1 Å². The van der Waals surface area contributed by atoms with Gasteiger partial charge in [-0.05, 0) is 57.3 Å². The number of nitrogens with zero attached hydrogens (tertiary/aromatic N) is 1. The molecule has 1 saturated heterocycles. The fourth-order valence-electron chi connectivity index (χ4n) is 3.81. The molecule has 1 aliphatic heterocycles. The molecule has 1 N–H and O–H groups in total. The molecular formula is C17H19Cl2F3N2O. The minimum absolute atomic E-state index is 0.0278. The number of likely N-dealkylation sites (tertiary alicyclic amines) is 1. The highest BCUT2D eigenvalue weighted by atomic mass is 35.5. The molecule has 0 unspecified atom stereocenters. The number of hydrogen-bond donors (Lipinski definition) is 1. The number of alkyl halides is 3. The van der Waals surface area contributed by atoms with Crippen LogP contribution in [-0.4, -0.2) is 36.0 Å². The van der Waals surface area contributed by atoms with Crippen molar-refractivity contribution in [3.05, 3.63) is 33.3 Å². The molecule has 1 aliphatic carbocycles. The number of benzene rings is 1. The molecule has 1 heterocycles. The van der Waals surface area contributed by atoms with Crippen molar-refractivity contribution in [2.45, 2.75) is 50.4 Å². The van der Waals surface area contributed by atoms with Crippen molar-refractivity contribution in [2.75, 3.05) is 13.1 Å². The maximum Gasteiger partial charge on any atom is 0.416 e. The standard InChI is InChI=1S/C17H19Cl2F3N2O/c18-11-8-10(17(20,21)22)9-12(19)15(11)16(25)23-13-4-3-5-14(13)24-6-1-2-7-24/h8-9,13-14H,1-7H2,(H,23,25)/t13-,14+/m1/s1. The third-order valence-corrected chi connectivity index (χ3v) is 5.60. The van der Waals surface area contributed by atoms with Gasteiger partial charge >= 0.3 is 6.18 Å². The minimum Gasteiger partial charge on any atom is -0.348 e. The van der Waals surface area contributed by atoms with E-state index in [0.29, 0.717) is 0 Å². The van der Waals surface area contributed by atoms with E-state index >= 15 is 0 Å². The molecule has 1 amide bonds. The topological polar surface area (TPSA) is 32.3 Å². The predicted molar refractivity (Wildman–Crippen MR) is 91.2 cm³/mol. The Kier molecular flexibility index (Phi) is 5.51. The molecule has 138 valence electrons. The van der Waals surface area contributed by atoms with Gasteiger partial charge in [-0.1, -0.05) is 23.2 Å². The third kappa shape index (κ3) is 4.07. The van der Waals surface area contributed by atoms with E-state index < -0.39 is 17.6 Å². The maximum atomic E-state index is 12.8. The van der Waals surface area contributed by atoms with Gasteiger partial charge in [-0.25, -0.2) is 0 Å². The van der Waals surface area contributed by atoms with Crippen LogP contribution in [0.1, 0.15) is 48.0 Å². The third-order valence-electron chi connectivity index (χ3n) is 5.00. The van der Waals surface area contributed by atoms with Gasteiger partial charge in [0.05, 0.1) is 21.2 Å². The lowest BCUT2D eigenvalue weighted by Gasteiger charge is -2.29. The lowest BCUT2D eigenvalue weighted by molar-refractivity contribution is -0.137. The highest BCUT2D eigenvalue weighted by molar-refractivity contribution is 6.39. The number of carbonyl (C=O) groups excluding carboxylic acids is 1. The Hall–Kier alpha value is -0.980. The molecule has 3 nitrogen and oxygen atoms in total. The first kappa shape index (κ1) is 18.8. The summed E-state index contributed by atoms with van der Waals surface area (Å²) in [7, 11) is 0. The molecule has 1 aromatic rings. The highest BCUT2D eigenvalue weighted by Gasteiger charge is 2.36. The zero-order chi connectivity index (χ0) is 18.2. The Labute approximate surface area is 154 Å². The fourth-order valence-corrected chi connectivity index (χ4v) is 4.47. The van der Waals surface area contributed by atoms with Crippen LogP contribution in [0, 0.1) is 0 Å². The summed E-state index contributed by atoms with van der Waals surface area (Å²) in [4.78, 5) is 15.0. The van der Waals surface area contributed by atoms with Gasteiger partial charge in [0.15, 0.2) is 0 Å².